The van der Waals surface area contributed by atoms with Gasteiger partial charge in [0.1, 0.15) is 23.8 Å². The van der Waals surface area contributed by atoms with Crippen molar-refractivity contribution >= 4 is 23.1 Å². The number of alkyl halides is 6. The first-order valence-corrected chi connectivity index (χ1v) is 12.3. The lowest BCUT2D eigenvalue weighted by molar-refractivity contribution is -0.159. The molecule has 8 nitrogen and oxygen atoms in total. The standard InChI is InChI=1S/C25H23F7N6O2/c1-2-13-14(22(39)36-18-9-37(8-17(18)27)23(40)12-6-24(28,29)7-12)3-11(4-16(13)26)19-5-15(25(30,31)32)20-21(33)34-10-35-38(19)20/h3-5,10,12,17-18H,2,6-9H2,1H3,(H,36,39)(H2,33,34,35)/t17-,18+/m0/s1. The summed E-state index contributed by atoms with van der Waals surface area (Å²) in [5.74, 6) is -6.75. The molecule has 214 valence electrons. The number of amides is 2. The second kappa shape index (κ2) is 9.63. The number of nitrogens with two attached hydrogens (primary N) is 1. The summed E-state index contributed by atoms with van der Waals surface area (Å²) in [6.45, 7) is 0.879. The molecule has 0 spiro atoms. The van der Waals surface area contributed by atoms with Crippen molar-refractivity contribution < 1.29 is 40.3 Å². The second-order valence-corrected chi connectivity index (χ2v) is 9.98. The number of halogens is 7. The van der Waals surface area contributed by atoms with E-state index in [0.717, 1.165) is 21.8 Å². The number of carbonyl (C=O) groups is 2. The van der Waals surface area contributed by atoms with Gasteiger partial charge in [0.15, 0.2) is 5.82 Å². The van der Waals surface area contributed by atoms with E-state index in [1.165, 1.54) is 6.07 Å². The monoisotopic (exact) mass is 572 g/mol. The Hall–Kier alpha value is -3.91. The zero-order chi connectivity index (χ0) is 29.1. The molecule has 2 aliphatic rings. The number of anilines is 1. The third-order valence-electron chi connectivity index (χ3n) is 7.29. The van der Waals surface area contributed by atoms with Gasteiger partial charge in [0.2, 0.25) is 11.8 Å². The molecule has 0 radical (unpaired) electrons. The van der Waals surface area contributed by atoms with Crippen LogP contribution in [0.3, 0.4) is 0 Å². The maximum atomic E-state index is 15.2. The molecule has 1 aromatic carbocycles. The summed E-state index contributed by atoms with van der Waals surface area (Å²) >= 11 is 0. The van der Waals surface area contributed by atoms with Gasteiger partial charge in [-0.05, 0) is 24.6 Å². The topological polar surface area (TPSA) is 106 Å². The first-order chi connectivity index (χ1) is 18.7. The number of likely N-dealkylation sites (tertiary alicyclic amines) is 1. The lowest BCUT2D eigenvalue weighted by Gasteiger charge is -2.36. The Balaban J connectivity index is 1.45. The number of fused-ring (bicyclic) bond motifs is 1. The van der Waals surface area contributed by atoms with Crippen LogP contribution in [-0.4, -0.2) is 62.5 Å². The Morgan fingerprint density at radius 1 is 1.18 bits per heavy atom. The molecule has 1 saturated carbocycles. The maximum absolute atomic E-state index is 15.2. The number of hydrogen-bond donors (Lipinski definition) is 2. The van der Waals surface area contributed by atoms with E-state index in [-0.39, 0.29) is 35.3 Å². The molecule has 40 heavy (non-hydrogen) atoms. The van der Waals surface area contributed by atoms with Gasteiger partial charge in [-0.15, -0.1) is 0 Å². The SMILES string of the molecule is CCc1c(F)cc(-c2cc(C(F)(F)F)c3c(N)ncnn23)cc1C(=O)N[C@@H]1CN(C(=O)C2CC(F)(F)C2)C[C@@H]1F. The number of benzene rings is 1. The summed E-state index contributed by atoms with van der Waals surface area (Å²) in [4.78, 5) is 30.4. The Labute approximate surface area is 222 Å². The van der Waals surface area contributed by atoms with Crippen LogP contribution in [-0.2, 0) is 17.4 Å². The molecule has 0 unspecified atom stereocenters. The number of hydrogen-bond acceptors (Lipinski definition) is 5. The molecule has 2 amide bonds. The Morgan fingerprint density at radius 3 is 2.50 bits per heavy atom. The summed E-state index contributed by atoms with van der Waals surface area (Å²) in [6.07, 6.45) is -6.85. The summed E-state index contributed by atoms with van der Waals surface area (Å²) in [7, 11) is 0. The highest BCUT2D eigenvalue weighted by Gasteiger charge is 2.51. The van der Waals surface area contributed by atoms with Gasteiger partial charge in [0.05, 0.1) is 23.8 Å². The van der Waals surface area contributed by atoms with Gasteiger partial charge in [-0.2, -0.15) is 18.3 Å². The van der Waals surface area contributed by atoms with Crippen LogP contribution in [0.2, 0.25) is 0 Å². The molecule has 2 fully saturated rings. The molecule has 1 aliphatic carbocycles. The Morgan fingerprint density at radius 2 is 1.88 bits per heavy atom. The molecule has 1 saturated heterocycles. The first-order valence-electron chi connectivity index (χ1n) is 12.3. The summed E-state index contributed by atoms with van der Waals surface area (Å²) in [5, 5.41) is 6.24. The number of nitrogens with one attached hydrogen (secondary N) is 1. The largest absolute Gasteiger partial charge is 0.418 e. The molecule has 3 N–H and O–H groups in total. The van der Waals surface area contributed by atoms with Crippen molar-refractivity contribution in [3.63, 3.8) is 0 Å². The highest BCUT2D eigenvalue weighted by molar-refractivity contribution is 5.97. The smallest absolute Gasteiger partial charge is 0.382 e. The Kier molecular flexibility index (Phi) is 6.65. The van der Waals surface area contributed by atoms with Crippen LogP contribution in [0.1, 0.15) is 41.3 Å². The molecular formula is C25H23F7N6O2. The minimum absolute atomic E-state index is 0.0247. The number of nitrogen functional groups attached to an aromatic ring is 1. The van der Waals surface area contributed by atoms with Crippen LogP contribution in [0, 0.1) is 11.7 Å². The van der Waals surface area contributed by atoms with Crippen LogP contribution in [0.25, 0.3) is 16.8 Å². The van der Waals surface area contributed by atoms with Crippen molar-refractivity contribution in [3.05, 3.63) is 47.0 Å². The highest BCUT2D eigenvalue weighted by atomic mass is 19.4. The first kappa shape index (κ1) is 27.6. The predicted octanol–water partition coefficient (Wildman–Crippen LogP) is 4.02. The van der Waals surface area contributed by atoms with E-state index >= 15 is 4.39 Å². The normalized spacial score (nSPS) is 21.1. The van der Waals surface area contributed by atoms with E-state index in [1.54, 1.807) is 6.92 Å². The molecule has 1 aliphatic heterocycles. The molecule has 2 aromatic heterocycles. The van der Waals surface area contributed by atoms with E-state index in [0.29, 0.717) is 6.07 Å². The van der Waals surface area contributed by atoms with Crippen LogP contribution in [0.4, 0.5) is 36.6 Å². The fourth-order valence-corrected chi connectivity index (χ4v) is 5.26. The van der Waals surface area contributed by atoms with Crippen molar-refractivity contribution in [1.29, 1.82) is 0 Å². The van der Waals surface area contributed by atoms with Crippen molar-refractivity contribution in [2.24, 2.45) is 5.92 Å². The molecule has 3 aromatic rings. The average molecular weight is 572 g/mol. The van der Waals surface area contributed by atoms with E-state index in [9.17, 15) is 35.9 Å². The van der Waals surface area contributed by atoms with Gasteiger partial charge in [0.25, 0.3) is 5.91 Å². The van der Waals surface area contributed by atoms with E-state index in [4.69, 9.17) is 5.73 Å². The fourth-order valence-electron chi connectivity index (χ4n) is 5.26. The molecule has 5 rings (SSSR count). The number of aromatic nitrogens is 3. The highest BCUT2D eigenvalue weighted by Crippen LogP contribution is 2.44. The third kappa shape index (κ3) is 4.81. The molecule has 2 atom stereocenters. The molecule has 3 heterocycles. The van der Waals surface area contributed by atoms with Crippen molar-refractivity contribution in [2.45, 2.75) is 50.5 Å². The molecule has 15 heteroatoms. The van der Waals surface area contributed by atoms with Gasteiger partial charge in [-0.3, -0.25) is 9.59 Å². The summed E-state index contributed by atoms with van der Waals surface area (Å²) in [5.41, 5.74) is 3.30. The van der Waals surface area contributed by atoms with Crippen LogP contribution in [0.15, 0.2) is 24.5 Å². The van der Waals surface area contributed by atoms with Gasteiger partial charge >= 0.3 is 6.18 Å². The zero-order valence-electron chi connectivity index (χ0n) is 20.9. The zero-order valence-corrected chi connectivity index (χ0v) is 20.9. The fraction of sp³-hybridized carbons (Fsp3) is 0.440. The van der Waals surface area contributed by atoms with E-state index in [1.807, 2.05) is 0 Å². The van der Waals surface area contributed by atoms with Gasteiger partial charge < -0.3 is 16.0 Å². The summed E-state index contributed by atoms with van der Waals surface area (Å²) < 4.78 is 98.3. The van der Waals surface area contributed by atoms with Crippen molar-refractivity contribution in [3.8, 4) is 11.3 Å². The summed E-state index contributed by atoms with van der Waals surface area (Å²) in [6, 6.07) is 1.63. The van der Waals surface area contributed by atoms with Crippen LogP contribution >= 0.6 is 0 Å². The lowest BCUT2D eigenvalue weighted by Crippen LogP contribution is -2.47. The Bertz CT molecular complexity index is 1500. The third-order valence-corrected chi connectivity index (χ3v) is 7.29. The van der Waals surface area contributed by atoms with Crippen LogP contribution < -0.4 is 11.1 Å². The van der Waals surface area contributed by atoms with Gasteiger partial charge in [0, 0.05) is 42.0 Å². The second-order valence-electron chi connectivity index (χ2n) is 9.98. The average Bonchev–Trinajstić information content (AvgIpc) is 3.43. The number of nitrogens with zero attached hydrogens (tertiary/aromatic N) is 4. The van der Waals surface area contributed by atoms with Crippen molar-refractivity contribution in [1.82, 2.24) is 24.8 Å². The molecule has 0 bridgehead atoms. The number of carbonyl (C=O) groups excluding carboxylic acids is 2. The predicted molar refractivity (Wildman–Crippen MR) is 128 cm³/mol. The van der Waals surface area contributed by atoms with Gasteiger partial charge in [-0.25, -0.2) is 27.1 Å². The van der Waals surface area contributed by atoms with Crippen LogP contribution in [0.5, 0.6) is 0 Å². The molecular weight excluding hydrogens is 549 g/mol. The minimum Gasteiger partial charge on any atom is -0.382 e. The van der Waals surface area contributed by atoms with E-state index < -0.39 is 84.1 Å². The van der Waals surface area contributed by atoms with Crippen molar-refractivity contribution in [2.75, 3.05) is 18.8 Å². The lowest BCUT2D eigenvalue weighted by atomic mass is 9.80. The van der Waals surface area contributed by atoms with E-state index in [2.05, 4.69) is 15.4 Å². The minimum atomic E-state index is -4.85. The van der Waals surface area contributed by atoms with Gasteiger partial charge in [-0.1, -0.05) is 6.92 Å². The quantitative estimate of drug-likeness (QED) is 0.450. The number of rotatable bonds is 5. The maximum Gasteiger partial charge on any atom is 0.418 e.